The number of hydrogen-bond donors (Lipinski definition) is 1. The normalized spacial score (nSPS) is 11.8. The van der Waals surface area contributed by atoms with Crippen molar-refractivity contribution in [1.82, 2.24) is 4.98 Å². The number of hydrogen-bond acceptors (Lipinski definition) is 4. The average molecular weight is 264 g/mol. The van der Waals surface area contributed by atoms with Crippen LogP contribution in [0.5, 0.6) is 0 Å². The fraction of sp³-hybridized carbons (Fsp3) is 0.167. The van der Waals surface area contributed by atoms with Crippen LogP contribution in [0, 0.1) is 11.3 Å². The molecule has 2 aromatic heterocycles. The van der Waals surface area contributed by atoms with E-state index in [4.69, 9.17) is 16.9 Å². The summed E-state index contributed by atoms with van der Waals surface area (Å²) >= 11 is 7.71. The first kappa shape index (κ1) is 11.9. The third kappa shape index (κ3) is 2.57. The Bertz CT molecular complexity index is 545. The van der Waals surface area contributed by atoms with E-state index in [0.717, 1.165) is 0 Å². The number of rotatable bonds is 3. The van der Waals surface area contributed by atoms with Crippen LogP contribution in [0.1, 0.15) is 24.1 Å². The second kappa shape index (κ2) is 5.17. The van der Waals surface area contributed by atoms with Gasteiger partial charge < -0.3 is 5.32 Å². The van der Waals surface area contributed by atoms with Crippen LogP contribution in [0.2, 0.25) is 5.02 Å². The van der Waals surface area contributed by atoms with Crippen molar-refractivity contribution in [1.29, 1.82) is 5.26 Å². The summed E-state index contributed by atoms with van der Waals surface area (Å²) in [6, 6.07) is 5.79. The molecule has 0 saturated heterocycles. The number of aromatic nitrogens is 1. The van der Waals surface area contributed by atoms with Gasteiger partial charge >= 0.3 is 0 Å². The molecule has 0 aliphatic heterocycles. The van der Waals surface area contributed by atoms with Crippen molar-refractivity contribution in [3.63, 3.8) is 0 Å². The van der Waals surface area contributed by atoms with E-state index in [0.29, 0.717) is 16.4 Å². The zero-order chi connectivity index (χ0) is 12.3. The predicted molar refractivity (Wildman–Crippen MR) is 70.3 cm³/mol. The molecule has 0 fully saturated rings. The quantitative estimate of drug-likeness (QED) is 0.915. The van der Waals surface area contributed by atoms with Crippen LogP contribution in [-0.2, 0) is 0 Å². The number of nitriles is 1. The number of thiophene rings is 1. The number of anilines is 1. The van der Waals surface area contributed by atoms with E-state index in [9.17, 15) is 0 Å². The molecule has 0 saturated carbocycles. The van der Waals surface area contributed by atoms with Crippen molar-refractivity contribution in [2.45, 2.75) is 13.0 Å². The Kier molecular flexibility index (Phi) is 3.62. The first-order valence-electron chi connectivity index (χ1n) is 5.05. The molecule has 0 radical (unpaired) electrons. The van der Waals surface area contributed by atoms with E-state index < -0.39 is 0 Å². The maximum Gasteiger partial charge on any atom is 0.146 e. The number of pyridine rings is 1. The first-order chi connectivity index (χ1) is 8.22. The third-order valence-corrected chi connectivity index (χ3v) is 3.49. The molecular weight excluding hydrogens is 254 g/mol. The van der Waals surface area contributed by atoms with Gasteiger partial charge in [0.1, 0.15) is 16.9 Å². The molecule has 1 unspecified atom stereocenters. The van der Waals surface area contributed by atoms with E-state index in [-0.39, 0.29) is 6.04 Å². The molecule has 3 nitrogen and oxygen atoms in total. The van der Waals surface area contributed by atoms with Crippen LogP contribution in [-0.4, -0.2) is 4.98 Å². The molecule has 0 spiro atoms. The molecule has 2 heterocycles. The summed E-state index contributed by atoms with van der Waals surface area (Å²) in [5.74, 6) is 0.546. The lowest BCUT2D eigenvalue weighted by Gasteiger charge is -2.14. The number of nitrogens with one attached hydrogen (secondary N) is 1. The lowest BCUT2D eigenvalue weighted by Crippen LogP contribution is -2.07. The monoisotopic (exact) mass is 263 g/mol. The van der Waals surface area contributed by atoms with Crippen LogP contribution in [0.4, 0.5) is 5.82 Å². The zero-order valence-electron chi connectivity index (χ0n) is 9.14. The van der Waals surface area contributed by atoms with Crippen LogP contribution in [0.15, 0.2) is 29.1 Å². The predicted octanol–water partition coefficient (Wildman–Crippen LogP) is 3.84. The van der Waals surface area contributed by atoms with Gasteiger partial charge in [-0.2, -0.15) is 16.6 Å². The molecule has 2 aromatic rings. The van der Waals surface area contributed by atoms with Crippen molar-refractivity contribution < 1.29 is 0 Å². The molecular formula is C12H10ClN3S. The van der Waals surface area contributed by atoms with Crippen molar-refractivity contribution in [3.05, 3.63) is 45.2 Å². The van der Waals surface area contributed by atoms with Gasteiger partial charge in [-0.25, -0.2) is 4.98 Å². The number of nitrogens with zero attached hydrogens (tertiary/aromatic N) is 2. The Morgan fingerprint density at radius 3 is 3.00 bits per heavy atom. The molecule has 86 valence electrons. The summed E-state index contributed by atoms with van der Waals surface area (Å²) in [4.78, 5) is 4.15. The highest BCUT2D eigenvalue weighted by Crippen LogP contribution is 2.27. The van der Waals surface area contributed by atoms with E-state index in [2.05, 4.69) is 15.7 Å². The van der Waals surface area contributed by atoms with Crippen molar-refractivity contribution >= 4 is 28.8 Å². The summed E-state index contributed by atoms with van der Waals surface area (Å²) < 4.78 is 0. The highest BCUT2D eigenvalue weighted by atomic mass is 35.5. The summed E-state index contributed by atoms with van der Waals surface area (Å²) in [5, 5.41) is 16.5. The minimum atomic E-state index is 0.111. The molecule has 0 aliphatic rings. The highest BCUT2D eigenvalue weighted by molar-refractivity contribution is 7.07. The van der Waals surface area contributed by atoms with Crippen molar-refractivity contribution in [3.8, 4) is 6.07 Å². The molecule has 0 amide bonds. The summed E-state index contributed by atoms with van der Waals surface area (Å²) in [7, 11) is 0. The van der Waals surface area contributed by atoms with Gasteiger partial charge in [0.15, 0.2) is 0 Å². The van der Waals surface area contributed by atoms with Gasteiger partial charge in [0.2, 0.25) is 0 Å². The molecule has 2 rings (SSSR count). The largest absolute Gasteiger partial charge is 0.362 e. The Balaban J connectivity index is 2.23. The van der Waals surface area contributed by atoms with Gasteiger partial charge in [0, 0.05) is 6.20 Å². The van der Waals surface area contributed by atoms with Crippen LogP contribution in [0.25, 0.3) is 0 Å². The van der Waals surface area contributed by atoms with E-state index in [1.807, 2.05) is 24.4 Å². The molecule has 0 aliphatic carbocycles. The van der Waals surface area contributed by atoms with Gasteiger partial charge in [-0.15, -0.1) is 0 Å². The van der Waals surface area contributed by atoms with E-state index >= 15 is 0 Å². The van der Waals surface area contributed by atoms with Crippen LogP contribution in [0.3, 0.4) is 0 Å². The highest BCUT2D eigenvalue weighted by Gasteiger charge is 2.11. The Morgan fingerprint density at radius 2 is 2.35 bits per heavy atom. The second-order valence-corrected chi connectivity index (χ2v) is 4.71. The Morgan fingerprint density at radius 1 is 1.53 bits per heavy atom. The summed E-state index contributed by atoms with van der Waals surface area (Å²) in [6.07, 6.45) is 1.58. The minimum absolute atomic E-state index is 0.111. The molecule has 0 bridgehead atoms. The van der Waals surface area contributed by atoms with Gasteiger partial charge in [0.05, 0.1) is 11.6 Å². The maximum absolute atomic E-state index is 8.87. The summed E-state index contributed by atoms with van der Waals surface area (Å²) in [5.41, 5.74) is 1.61. The van der Waals surface area contributed by atoms with Crippen LogP contribution < -0.4 is 5.32 Å². The molecule has 17 heavy (non-hydrogen) atoms. The Hall–Kier alpha value is -1.57. The fourth-order valence-corrected chi connectivity index (χ4v) is 2.40. The van der Waals surface area contributed by atoms with Gasteiger partial charge in [-0.05, 0) is 35.4 Å². The standard InChI is InChI=1S/C12H10ClN3S/c1-8(10-3-5-17-7-10)16-12-11(13)9(6-14)2-4-15-12/h2-5,7-8H,1H3,(H,15,16). The second-order valence-electron chi connectivity index (χ2n) is 3.56. The fourth-order valence-electron chi connectivity index (χ4n) is 1.44. The maximum atomic E-state index is 8.87. The van der Waals surface area contributed by atoms with Gasteiger partial charge in [-0.3, -0.25) is 0 Å². The smallest absolute Gasteiger partial charge is 0.146 e. The summed E-state index contributed by atoms with van der Waals surface area (Å²) in [6.45, 7) is 2.03. The Labute approximate surface area is 109 Å². The average Bonchev–Trinajstić information content (AvgIpc) is 2.85. The third-order valence-electron chi connectivity index (χ3n) is 2.41. The van der Waals surface area contributed by atoms with Gasteiger partial charge in [-0.1, -0.05) is 11.6 Å². The molecule has 5 heteroatoms. The van der Waals surface area contributed by atoms with E-state index in [1.165, 1.54) is 5.56 Å². The lowest BCUT2D eigenvalue weighted by molar-refractivity contribution is 0.880. The topological polar surface area (TPSA) is 48.7 Å². The molecule has 0 aromatic carbocycles. The zero-order valence-corrected chi connectivity index (χ0v) is 10.7. The van der Waals surface area contributed by atoms with Crippen LogP contribution >= 0.6 is 22.9 Å². The van der Waals surface area contributed by atoms with E-state index in [1.54, 1.807) is 23.6 Å². The molecule has 1 N–H and O–H groups in total. The molecule has 1 atom stereocenters. The lowest BCUT2D eigenvalue weighted by atomic mass is 10.2. The number of halogens is 1. The van der Waals surface area contributed by atoms with Gasteiger partial charge in [0.25, 0.3) is 0 Å². The minimum Gasteiger partial charge on any atom is -0.362 e. The van der Waals surface area contributed by atoms with Crippen molar-refractivity contribution in [2.75, 3.05) is 5.32 Å². The van der Waals surface area contributed by atoms with Crippen molar-refractivity contribution in [2.24, 2.45) is 0 Å². The first-order valence-corrected chi connectivity index (χ1v) is 6.37. The SMILES string of the molecule is CC(Nc1nccc(C#N)c1Cl)c1ccsc1.